The Morgan fingerprint density at radius 1 is 0.882 bits per heavy atom. The van der Waals surface area contributed by atoms with Gasteiger partial charge in [-0.2, -0.15) is 0 Å². The van der Waals surface area contributed by atoms with Crippen LogP contribution in [0.3, 0.4) is 0 Å². The molecule has 2 heteroatoms. The monoisotopic (exact) mass is 250 g/mol. The van der Waals surface area contributed by atoms with Crippen LogP contribution in [0.2, 0.25) is 0 Å². The van der Waals surface area contributed by atoms with E-state index >= 15 is 0 Å². The Kier molecular flexibility index (Phi) is 6.34. The van der Waals surface area contributed by atoms with Gasteiger partial charge in [-0.15, -0.1) is 0 Å². The van der Waals surface area contributed by atoms with Crippen molar-refractivity contribution in [3.63, 3.8) is 0 Å². The fourth-order valence-corrected chi connectivity index (χ4v) is 2.88. The van der Waals surface area contributed by atoms with Crippen molar-refractivity contribution < 1.29 is 4.43 Å². The standard InChI is InChI=1S/C15H26OSi/c1-4-7-12-10-11-15(16-17)14(9-6-3)13(12)8-5-2/h10-11H,4-9H2,1-3,17H3. The van der Waals surface area contributed by atoms with E-state index in [2.05, 4.69) is 32.9 Å². The summed E-state index contributed by atoms with van der Waals surface area (Å²) in [6.45, 7) is 6.77. The zero-order chi connectivity index (χ0) is 12.7. The van der Waals surface area contributed by atoms with Gasteiger partial charge in [-0.1, -0.05) is 46.1 Å². The van der Waals surface area contributed by atoms with Gasteiger partial charge in [0.05, 0.1) is 0 Å². The van der Waals surface area contributed by atoms with Crippen LogP contribution < -0.4 is 4.43 Å². The molecule has 17 heavy (non-hydrogen) atoms. The van der Waals surface area contributed by atoms with Gasteiger partial charge in [0.1, 0.15) is 5.75 Å². The lowest BCUT2D eigenvalue weighted by Gasteiger charge is -2.18. The molecule has 0 aliphatic carbocycles. The minimum absolute atomic E-state index is 0.785. The Morgan fingerprint density at radius 3 is 2.00 bits per heavy atom. The van der Waals surface area contributed by atoms with Crippen molar-refractivity contribution in [2.75, 3.05) is 0 Å². The Bertz CT molecular complexity index is 347. The van der Waals surface area contributed by atoms with E-state index in [1.165, 1.54) is 37.7 Å². The highest BCUT2D eigenvalue weighted by Gasteiger charge is 2.11. The van der Waals surface area contributed by atoms with Crippen molar-refractivity contribution in [2.24, 2.45) is 0 Å². The van der Waals surface area contributed by atoms with Crippen LogP contribution in [0.15, 0.2) is 12.1 Å². The molecule has 1 rings (SSSR count). The molecule has 1 aromatic carbocycles. The van der Waals surface area contributed by atoms with E-state index in [1.807, 2.05) is 0 Å². The van der Waals surface area contributed by atoms with Crippen LogP contribution in [0, 0.1) is 0 Å². The second kappa shape index (κ2) is 7.54. The van der Waals surface area contributed by atoms with Crippen LogP contribution in [-0.2, 0) is 19.3 Å². The maximum Gasteiger partial charge on any atom is 0.204 e. The highest BCUT2D eigenvalue weighted by molar-refractivity contribution is 6.00. The molecular weight excluding hydrogens is 224 g/mol. The molecule has 0 fully saturated rings. The third-order valence-electron chi connectivity index (χ3n) is 3.22. The lowest BCUT2D eigenvalue weighted by Crippen LogP contribution is -2.03. The van der Waals surface area contributed by atoms with Crippen LogP contribution in [0.4, 0.5) is 0 Å². The van der Waals surface area contributed by atoms with Crippen molar-refractivity contribution in [3.05, 3.63) is 28.8 Å². The molecule has 0 heterocycles. The third kappa shape index (κ3) is 3.60. The van der Waals surface area contributed by atoms with Crippen LogP contribution in [0.5, 0.6) is 5.75 Å². The van der Waals surface area contributed by atoms with Gasteiger partial charge in [-0.25, -0.2) is 0 Å². The molecule has 0 atom stereocenters. The fraction of sp³-hybridized carbons (Fsp3) is 0.600. The molecule has 1 nitrogen and oxygen atoms in total. The van der Waals surface area contributed by atoms with Gasteiger partial charge in [-0.3, -0.25) is 0 Å². The first-order valence-electron chi connectivity index (χ1n) is 6.96. The first kappa shape index (κ1) is 14.3. The van der Waals surface area contributed by atoms with Gasteiger partial charge in [-0.05, 0) is 42.0 Å². The van der Waals surface area contributed by atoms with Gasteiger partial charge in [0.25, 0.3) is 0 Å². The van der Waals surface area contributed by atoms with Crippen molar-refractivity contribution in [2.45, 2.75) is 59.3 Å². The number of benzene rings is 1. The molecule has 0 bridgehead atoms. The highest BCUT2D eigenvalue weighted by atomic mass is 28.2. The molecule has 0 spiro atoms. The molecule has 0 aliphatic heterocycles. The van der Waals surface area contributed by atoms with Gasteiger partial charge in [0.2, 0.25) is 10.5 Å². The average molecular weight is 250 g/mol. The Morgan fingerprint density at radius 2 is 1.47 bits per heavy atom. The molecule has 0 aromatic heterocycles. The summed E-state index contributed by atoms with van der Waals surface area (Å²) in [7, 11) is 0.785. The van der Waals surface area contributed by atoms with Crippen molar-refractivity contribution in [3.8, 4) is 5.75 Å². The molecule has 0 unspecified atom stereocenters. The summed E-state index contributed by atoms with van der Waals surface area (Å²) in [5.41, 5.74) is 4.60. The van der Waals surface area contributed by atoms with E-state index in [0.717, 1.165) is 22.7 Å². The first-order valence-corrected chi connectivity index (χ1v) is 7.77. The zero-order valence-electron chi connectivity index (χ0n) is 11.8. The Hall–Kier alpha value is -0.763. The molecule has 0 radical (unpaired) electrons. The minimum atomic E-state index is 0.785. The molecular formula is C15H26OSi. The predicted octanol–water partition coefficient (Wildman–Crippen LogP) is 3.20. The summed E-state index contributed by atoms with van der Waals surface area (Å²) in [4.78, 5) is 0. The number of rotatable bonds is 7. The zero-order valence-corrected chi connectivity index (χ0v) is 13.8. The Labute approximate surface area is 109 Å². The fourth-order valence-electron chi connectivity index (χ4n) is 2.50. The quantitative estimate of drug-likeness (QED) is 0.675. The number of aryl methyl sites for hydroxylation is 1. The first-order chi connectivity index (χ1) is 8.28. The highest BCUT2D eigenvalue weighted by Crippen LogP contribution is 2.28. The second-order valence-corrected chi connectivity index (χ2v) is 5.04. The third-order valence-corrected chi connectivity index (χ3v) is 3.66. The smallest absolute Gasteiger partial charge is 0.204 e. The topological polar surface area (TPSA) is 9.23 Å². The largest absolute Gasteiger partial charge is 0.553 e. The average Bonchev–Trinajstić information content (AvgIpc) is 2.34. The van der Waals surface area contributed by atoms with Crippen LogP contribution >= 0.6 is 0 Å². The SMILES string of the molecule is CCCc1ccc(O[SiH3])c(CCC)c1CCC. The summed E-state index contributed by atoms with van der Waals surface area (Å²) in [5, 5.41) is 0. The summed E-state index contributed by atoms with van der Waals surface area (Å²) in [5.74, 6) is 1.14. The number of hydrogen-bond acceptors (Lipinski definition) is 1. The molecule has 96 valence electrons. The lowest BCUT2D eigenvalue weighted by atomic mass is 9.91. The van der Waals surface area contributed by atoms with E-state index in [1.54, 1.807) is 11.1 Å². The summed E-state index contributed by atoms with van der Waals surface area (Å²) >= 11 is 0. The van der Waals surface area contributed by atoms with Gasteiger partial charge >= 0.3 is 0 Å². The molecule has 0 aliphatic rings. The van der Waals surface area contributed by atoms with Crippen LogP contribution in [-0.4, -0.2) is 10.5 Å². The maximum atomic E-state index is 5.66. The van der Waals surface area contributed by atoms with Crippen LogP contribution in [0.1, 0.15) is 56.7 Å². The molecule has 0 saturated heterocycles. The molecule has 0 saturated carbocycles. The van der Waals surface area contributed by atoms with E-state index in [-0.39, 0.29) is 0 Å². The molecule has 0 amide bonds. The summed E-state index contributed by atoms with van der Waals surface area (Å²) in [6.07, 6.45) is 7.20. The van der Waals surface area contributed by atoms with Gasteiger partial charge in [0.15, 0.2) is 0 Å². The second-order valence-electron chi connectivity index (χ2n) is 4.63. The normalized spacial score (nSPS) is 10.8. The van der Waals surface area contributed by atoms with Crippen molar-refractivity contribution >= 4 is 10.5 Å². The Balaban J connectivity index is 3.20. The summed E-state index contributed by atoms with van der Waals surface area (Å²) in [6, 6.07) is 4.46. The molecule has 0 N–H and O–H groups in total. The van der Waals surface area contributed by atoms with Crippen molar-refractivity contribution in [1.29, 1.82) is 0 Å². The van der Waals surface area contributed by atoms with E-state index < -0.39 is 0 Å². The van der Waals surface area contributed by atoms with Gasteiger partial charge in [0, 0.05) is 0 Å². The minimum Gasteiger partial charge on any atom is -0.553 e. The predicted molar refractivity (Wildman–Crippen MR) is 79.0 cm³/mol. The van der Waals surface area contributed by atoms with Crippen molar-refractivity contribution in [1.82, 2.24) is 0 Å². The lowest BCUT2D eigenvalue weighted by molar-refractivity contribution is 0.599. The van der Waals surface area contributed by atoms with E-state index in [9.17, 15) is 0 Å². The number of hydrogen-bond donors (Lipinski definition) is 0. The molecule has 1 aromatic rings. The maximum absolute atomic E-state index is 5.66. The van der Waals surface area contributed by atoms with Crippen LogP contribution in [0.25, 0.3) is 0 Å². The van der Waals surface area contributed by atoms with E-state index in [4.69, 9.17) is 4.43 Å². The summed E-state index contributed by atoms with van der Waals surface area (Å²) < 4.78 is 5.66. The van der Waals surface area contributed by atoms with Gasteiger partial charge < -0.3 is 4.43 Å². The van der Waals surface area contributed by atoms with E-state index in [0.29, 0.717) is 0 Å².